The zero-order valence-corrected chi connectivity index (χ0v) is 19.8. The average molecular weight is 495 g/mol. The lowest BCUT2D eigenvalue weighted by atomic mass is 10.1. The van der Waals surface area contributed by atoms with Crippen molar-refractivity contribution in [1.29, 1.82) is 0 Å². The van der Waals surface area contributed by atoms with Crippen molar-refractivity contribution in [2.45, 2.75) is 56.3 Å². The van der Waals surface area contributed by atoms with Crippen LogP contribution in [0, 0.1) is 0 Å². The zero-order chi connectivity index (χ0) is 24.7. The van der Waals surface area contributed by atoms with Crippen molar-refractivity contribution in [3.05, 3.63) is 0 Å². The molecule has 0 fully saturated rings. The predicted octanol–water partition coefficient (Wildman–Crippen LogP) is -2.46. The van der Waals surface area contributed by atoms with Gasteiger partial charge in [0.2, 0.25) is 23.6 Å². The van der Waals surface area contributed by atoms with Gasteiger partial charge in [0, 0.05) is 5.75 Å². The highest BCUT2D eigenvalue weighted by Gasteiger charge is 2.30. The summed E-state index contributed by atoms with van der Waals surface area (Å²) in [6.07, 6.45) is 2.87. The molecular weight excluding hydrogens is 460 g/mol. The fourth-order valence-corrected chi connectivity index (χ4v) is 3.30. The molecule has 0 spiro atoms. The van der Waals surface area contributed by atoms with Gasteiger partial charge >= 0.3 is 5.97 Å². The monoisotopic (exact) mass is 494 g/mol. The number of carboxylic acids is 1. The van der Waals surface area contributed by atoms with Crippen molar-refractivity contribution >= 4 is 54.0 Å². The summed E-state index contributed by atoms with van der Waals surface area (Å²) < 4.78 is 0. The van der Waals surface area contributed by atoms with E-state index in [4.69, 9.17) is 17.2 Å². The van der Waals surface area contributed by atoms with Gasteiger partial charge in [0.25, 0.3) is 0 Å². The third kappa shape index (κ3) is 12.1. The van der Waals surface area contributed by atoms with Crippen LogP contribution in [0.15, 0.2) is 0 Å². The highest BCUT2D eigenvalue weighted by Crippen LogP contribution is 2.04. The molecule has 0 aliphatic carbocycles. The first-order valence-electron chi connectivity index (χ1n) is 10.0. The number of hydrogen-bond acceptors (Lipinski definition) is 9. The molecule has 0 saturated heterocycles. The number of carbonyl (C=O) groups excluding carboxylic acids is 4. The quantitative estimate of drug-likeness (QED) is 0.0792. The third-order valence-corrected chi connectivity index (χ3v) is 5.39. The van der Waals surface area contributed by atoms with Gasteiger partial charge in [-0.15, -0.1) is 0 Å². The number of carboxylic acid groups (broad SMARTS) is 1. The van der Waals surface area contributed by atoms with Gasteiger partial charge in [-0.1, -0.05) is 0 Å². The van der Waals surface area contributed by atoms with Crippen molar-refractivity contribution in [1.82, 2.24) is 16.0 Å². The van der Waals surface area contributed by atoms with E-state index >= 15 is 0 Å². The van der Waals surface area contributed by atoms with Gasteiger partial charge in [0.1, 0.15) is 18.1 Å². The lowest BCUT2D eigenvalue weighted by molar-refractivity contribution is -0.142. The first-order chi connectivity index (χ1) is 15.1. The minimum absolute atomic E-state index is 0.103. The van der Waals surface area contributed by atoms with E-state index in [-0.39, 0.29) is 12.2 Å². The Hall–Kier alpha value is -2.03. The van der Waals surface area contributed by atoms with E-state index in [1.165, 1.54) is 11.8 Å². The Morgan fingerprint density at radius 3 is 2.00 bits per heavy atom. The standard InChI is InChI=1S/C18H34N6O6S2/c1-32-7-5-10(20)15(26)24-13(9-31)17(28)23-12(8-14(21)25)16(27)22-11(18(29)30)4-2-3-6-19/h10-13,31H,2-9,19-20H2,1H3,(H2,21,25)(H,22,27)(H,23,28)(H,24,26)(H,29,30). The van der Waals surface area contributed by atoms with Gasteiger partial charge in [-0.05, 0) is 44.2 Å². The molecule has 4 amide bonds. The maximum atomic E-state index is 12.6. The van der Waals surface area contributed by atoms with E-state index in [1.54, 1.807) is 0 Å². The fraction of sp³-hybridized carbons (Fsp3) is 0.722. The van der Waals surface area contributed by atoms with Crippen LogP contribution in [0.5, 0.6) is 0 Å². The van der Waals surface area contributed by atoms with Crippen molar-refractivity contribution in [2.75, 3.05) is 24.3 Å². The molecule has 184 valence electrons. The molecule has 0 saturated carbocycles. The Morgan fingerprint density at radius 1 is 0.938 bits per heavy atom. The van der Waals surface area contributed by atoms with Crippen LogP contribution >= 0.6 is 24.4 Å². The van der Waals surface area contributed by atoms with E-state index in [0.29, 0.717) is 31.6 Å². The first kappa shape index (κ1) is 30.0. The maximum absolute atomic E-state index is 12.6. The summed E-state index contributed by atoms with van der Waals surface area (Å²) in [5, 5.41) is 16.4. The van der Waals surface area contributed by atoms with Gasteiger partial charge in [0.15, 0.2) is 0 Å². The second-order valence-electron chi connectivity index (χ2n) is 7.05. The Kier molecular flexibility index (Phi) is 15.5. The normalized spacial score (nSPS) is 14.5. The van der Waals surface area contributed by atoms with Crippen LogP contribution in [-0.2, 0) is 24.0 Å². The van der Waals surface area contributed by atoms with Crippen molar-refractivity contribution in [3.8, 4) is 0 Å². The van der Waals surface area contributed by atoms with Crippen molar-refractivity contribution < 1.29 is 29.1 Å². The van der Waals surface area contributed by atoms with Crippen LogP contribution in [0.2, 0.25) is 0 Å². The molecule has 0 aromatic rings. The largest absolute Gasteiger partial charge is 0.480 e. The number of nitrogens with two attached hydrogens (primary N) is 3. The van der Waals surface area contributed by atoms with Crippen LogP contribution in [0.3, 0.4) is 0 Å². The summed E-state index contributed by atoms with van der Waals surface area (Å²) in [6.45, 7) is 0.373. The molecule has 0 heterocycles. The van der Waals surface area contributed by atoms with E-state index in [2.05, 4.69) is 28.6 Å². The molecule has 10 N–H and O–H groups in total. The Morgan fingerprint density at radius 2 is 1.50 bits per heavy atom. The molecule has 14 heteroatoms. The lowest BCUT2D eigenvalue weighted by Crippen LogP contribution is -2.58. The molecule has 0 aliphatic rings. The molecule has 32 heavy (non-hydrogen) atoms. The SMILES string of the molecule is CSCCC(N)C(=O)NC(CS)C(=O)NC(CC(N)=O)C(=O)NC(CCCCN)C(=O)O. The van der Waals surface area contributed by atoms with Crippen LogP contribution in [0.25, 0.3) is 0 Å². The van der Waals surface area contributed by atoms with E-state index in [0.717, 1.165) is 0 Å². The van der Waals surface area contributed by atoms with Crippen LogP contribution in [0.4, 0.5) is 0 Å². The zero-order valence-electron chi connectivity index (χ0n) is 18.0. The number of hydrogen-bond donors (Lipinski definition) is 8. The topological polar surface area (TPSA) is 220 Å². The highest BCUT2D eigenvalue weighted by atomic mass is 32.2. The number of nitrogens with one attached hydrogen (secondary N) is 3. The molecule has 0 aromatic carbocycles. The van der Waals surface area contributed by atoms with E-state index in [9.17, 15) is 29.1 Å². The molecule has 0 bridgehead atoms. The second kappa shape index (κ2) is 16.6. The van der Waals surface area contributed by atoms with Crippen LogP contribution in [-0.4, -0.2) is 83.2 Å². The molecule has 0 aliphatic heterocycles. The Bertz CT molecular complexity index is 653. The molecule has 0 aromatic heterocycles. The van der Waals surface area contributed by atoms with Crippen LogP contribution < -0.4 is 33.2 Å². The number of aliphatic carboxylic acids is 1. The average Bonchev–Trinajstić information content (AvgIpc) is 2.73. The Labute approximate surface area is 196 Å². The van der Waals surface area contributed by atoms with Crippen molar-refractivity contribution in [2.24, 2.45) is 17.2 Å². The number of thiol groups is 1. The van der Waals surface area contributed by atoms with E-state index in [1.807, 2.05) is 6.26 Å². The van der Waals surface area contributed by atoms with Crippen molar-refractivity contribution in [3.63, 3.8) is 0 Å². The lowest BCUT2D eigenvalue weighted by Gasteiger charge is -2.24. The minimum Gasteiger partial charge on any atom is -0.480 e. The summed E-state index contributed by atoms with van der Waals surface area (Å²) in [5.41, 5.74) is 16.3. The maximum Gasteiger partial charge on any atom is 0.326 e. The number of unbranched alkanes of at least 4 members (excludes halogenated alkanes) is 1. The Balaban J connectivity index is 5.18. The number of amides is 4. The number of rotatable bonds is 17. The second-order valence-corrected chi connectivity index (χ2v) is 8.40. The highest BCUT2D eigenvalue weighted by molar-refractivity contribution is 7.98. The van der Waals surface area contributed by atoms with Gasteiger partial charge < -0.3 is 38.3 Å². The number of primary amides is 1. The summed E-state index contributed by atoms with van der Waals surface area (Å²) in [4.78, 5) is 60.1. The molecule has 4 atom stereocenters. The molecule has 4 unspecified atom stereocenters. The summed E-state index contributed by atoms with van der Waals surface area (Å²) in [6, 6.07) is -4.61. The fourth-order valence-electron chi connectivity index (χ4n) is 2.55. The molecular formula is C18H34N6O6S2. The van der Waals surface area contributed by atoms with Crippen LogP contribution in [0.1, 0.15) is 32.1 Å². The first-order valence-corrected chi connectivity index (χ1v) is 12.1. The number of thioether (sulfide) groups is 1. The summed E-state index contributed by atoms with van der Waals surface area (Å²) in [7, 11) is 0. The van der Waals surface area contributed by atoms with Gasteiger partial charge in [-0.3, -0.25) is 19.2 Å². The smallest absolute Gasteiger partial charge is 0.326 e. The van der Waals surface area contributed by atoms with Gasteiger partial charge in [-0.2, -0.15) is 24.4 Å². The molecule has 0 radical (unpaired) electrons. The molecule has 0 rings (SSSR count). The summed E-state index contributed by atoms with van der Waals surface area (Å²) >= 11 is 5.56. The van der Waals surface area contributed by atoms with Gasteiger partial charge in [-0.25, -0.2) is 4.79 Å². The van der Waals surface area contributed by atoms with E-state index < -0.39 is 60.2 Å². The summed E-state index contributed by atoms with van der Waals surface area (Å²) in [5.74, 6) is -3.84. The van der Waals surface area contributed by atoms with Gasteiger partial charge in [0.05, 0.1) is 12.5 Å². The third-order valence-electron chi connectivity index (χ3n) is 4.39. The number of carbonyl (C=O) groups is 5. The molecule has 12 nitrogen and oxygen atoms in total. The minimum atomic E-state index is -1.43. The predicted molar refractivity (Wildman–Crippen MR) is 125 cm³/mol.